The average Bonchev–Trinajstić information content (AvgIpc) is 1.89. The fraction of sp³-hybridized carbons (Fsp3) is 0.333. The zero-order chi connectivity index (χ0) is 7.98. The third kappa shape index (κ3) is 2.86. The molecule has 0 saturated heterocycles. The maximum Gasteiger partial charge on any atom is 0.234 e. The standard InChI is InChI=1S/C6H9NO3/c1-2-6(7(9)10)4-3-5-8/h2-3,5-6,8H,1,4H2/b5-3+. The Labute approximate surface area is 58.6 Å². The van der Waals surface area contributed by atoms with Crippen LogP contribution in [-0.4, -0.2) is 16.1 Å². The van der Waals surface area contributed by atoms with E-state index in [9.17, 15) is 10.1 Å². The number of nitro groups is 1. The highest BCUT2D eigenvalue weighted by Crippen LogP contribution is 1.98. The molecular weight excluding hydrogens is 134 g/mol. The topological polar surface area (TPSA) is 63.4 Å². The van der Waals surface area contributed by atoms with Crippen molar-refractivity contribution >= 4 is 0 Å². The van der Waals surface area contributed by atoms with Crippen LogP contribution in [0.2, 0.25) is 0 Å². The highest BCUT2D eigenvalue weighted by molar-refractivity contribution is 4.86. The summed E-state index contributed by atoms with van der Waals surface area (Å²) in [6.45, 7) is 3.28. The molecule has 0 aromatic rings. The summed E-state index contributed by atoms with van der Waals surface area (Å²) in [5.74, 6) is 0. The second-order valence-corrected chi connectivity index (χ2v) is 1.71. The van der Waals surface area contributed by atoms with Gasteiger partial charge in [0, 0.05) is 11.3 Å². The molecule has 0 fully saturated rings. The van der Waals surface area contributed by atoms with Crippen molar-refractivity contribution in [3.05, 3.63) is 35.1 Å². The summed E-state index contributed by atoms with van der Waals surface area (Å²) < 4.78 is 0. The molecule has 0 heterocycles. The Morgan fingerprint density at radius 1 is 1.80 bits per heavy atom. The molecule has 1 unspecified atom stereocenters. The van der Waals surface area contributed by atoms with Gasteiger partial charge >= 0.3 is 0 Å². The van der Waals surface area contributed by atoms with Crippen LogP contribution in [0.3, 0.4) is 0 Å². The van der Waals surface area contributed by atoms with E-state index in [1.54, 1.807) is 0 Å². The Morgan fingerprint density at radius 3 is 2.70 bits per heavy atom. The first kappa shape index (κ1) is 8.68. The molecule has 0 amide bonds. The van der Waals surface area contributed by atoms with E-state index >= 15 is 0 Å². The molecule has 0 aliphatic heterocycles. The number of hydrogen-bond acceptors (Lipinski definition) is 3. The molecule has 56 valence electrons. The van der Waals surface area contributed by atoms with Gasteiger partial charge in [0.05, 0.1) is 6.26 Å². The minimum Gasteiger partial charge on any atom is -0.516 e. The van der Waals surface area contributed by atoms with Crippen molar-refractivity contribution in [3.63, 3.8) is 0 Å². The Kier molecular flexibility index (Phi) is 3.95. The van der Waals surface area contributed by atoms with E-state index in [1.807, 2.05) is 0 Å². The third-order valence-electron chi connectivity index (χ3n) is 1.03. The third-order valence-corrected chi connectivity index (χ3v) is 1.03. The fourth-order valence-corrected chi connectivity index (χ4v) is 0.469. The van der Waals surface area contributed by atoms with Crippen molar-refractivity contribution in [1.82, 2.24) is 0 Å². The zero-order valence-electron chi connectivity index (χ0n) is 5.43. The lowest BCUT2D eigenvalue weighted by atomic mass is 10.2. The molecule has 4 nitrogen and oxygen atoms in total. The van der Waals surface area contributed by atoms with Crippen LogP contribution in [-0.2, 0) is 0 Å². The number of nitrogens with zero attached hydrogens (tertiary/aromatic N) is 1. The van der Waals surface area contributed by atoms with Gasteiger partial charge in [-0.1, -0.05) is 6.58 Å². The molecule has 0 aromatic carbocycles. The van der Waals surface area contributed by atoms with Gasteiger partial charge in [-0.25, -0.2) is 0 Å². The lowest BCUT2D eigenvalue weighted by Crippen LogP contribution is -2.14. The normalized spacial score (nSPS) is 13.2. The molecule has 0 aromatic heterocycles. The molecule has 0 aliphatic carbocycles. The van der Waals surface area contributed by atoms with Gasteiger partial charge in [0.2, 0.25) is 6.04 Å². The maximum atomic E-state index is 10.1. The van der Waals surface area contributed by atoms with E-state index in [2.05, 4.69) is 6.58 Å². The van der Waals surface area contributed by atoms with E-state index in [-0.39, 0.29) is 6.42 Å². The van der Waals surface area contributed by atoms with Crippen LogP contribution in [0.5, 0.6) is 0 Å². The predicted molar refractivity (Wildman–Crippen MR) is 37.4 cm³/mol. The van der Waals surface area contributed by atoms with Crippen LogP contribution < -0.4 is 0 Å². The largest absolute Gasteiger partial charge is 0.516 e. The molecule has 4 heteroatoms. The zero-order valence-corrected chi connectivity index (χ0v) is 5.43. The van der Waals surface area contributed by atoms with Gasteiger partial charge < -0.3 is 5.11 Å². The lowest BCUT2D eigenvalue weighted by molar-refractivity contribution is -0.508. The Balaban J connectivity index is 3.83. The molecule has 1 N–H and O–H groups in total. The molecular formula is C6H9NO3. The van der Waals surface area contributed by atoms with Crippen molar-refractivity contribution in [1.29, 1.82) is 0 Å². The second-order valence-electron chi connectivity index (χ2n) is 1.71. The van der Waals surface area contributed by atoms with E-state index in [0.29, 0.717) is 0 Å². The number of aliphatic hydroxyl groups is 1. The summed E-state index contributed by atoms with van der Waals surface area (Å²) in [6, 6.07) is -0.789. The van der Waals surface area contributed by atoms with E-state index < -0.39 is 11.0 Å². The summed E-state index contributed by atoms with van der Waals surface area (Å²) in [7, 11) is 0. The summed E-state index contributed by atoms with van der Waals surface area (Å²) in [5.41, 5.74) is 0. The SMILES string of the molecule is C=CC(C/C=C/O)[N+](=O)[O-]. The molecule has 0 rings (SSSR count). The monoisotopic (exact) mass is 143 g/mol. The van der Waals surface area contributed by atoms with Gasteiger partial charge in [0.1, 0.15) is 0 Å². The summed E-state index contributed by atoms with van der Waals surface area (Å²) >= 11 is 0. The molecule has 0 aliphatic rings. The van der Waals surface area contributed by atoms with Gasteiger partial charge in [0.25, 0.3) is 0 Å². The number of rotatable bonds is 4. The van der Waals surface area contributed by atoms with Crippen molar-refractivity contribution < 1.29 is 10.0 Å². The molecule has 10 heavy (non-hydrogen) atoms. The number of hydrogen-bond donors (Lipinski definition) is 1. The summed E-state index contributed by atoms with van der Waals surface area (Å²) in [4.78, 5) is 9.60. The predicted octanol–water partition coefficient (Wildman–Crippen LogP) is 1.28. The van der Waals surface area contributed by atoms with Crippen molar-refractivity contribution in [2.75, 3.05) is 0 Å². The first-order chi connectivity index (χ1) is 4.72. The van der Waals surface area contributed by atoms with Crippen molar-refractivity contribution in [3.8, 4) is 0 Å². The van der Waals surface area contributed by atoms with Gasteiger partial charge in [-0.15, -0.1) is 0 Å². The average molecular weight is 143 g/mol. The first-order valence-electron chi connectivity index (χ1n) is 2.77. The van der Waals surface area contributed by atoms with Gasteiger partial charge in [-0.05, 0) is 12.2 Å². The van der Waals surface area contributed by atoms with Crippen molar-refractivity contribution in [2.45, 2.75) is 12.5 Å². The minimum atomic E-state index is -0.789. The quantitative estimate of drug-likeness (QED) is 0.279. The van der Waals surface area contributed by atoms with Crippen LogP contribution in [0.1, 0.15) is 6.42 Å². The summed E-state index contributed by atoms with van der Waals surface area (Å²) in [6.07, 6.45) is 3.53. The van der Waals surface area contributed by atoms with E-state index in [1.165, 1.54) is 12.2 Å². The highest BCUT2D eigenvalue weighted by atomic mass is 16.6. The molecule has 0 saturated carbocycles. The van der Waals surface area contributed by atoms with E-state index in [0.717, 1.165) is 6.26 Å². The van der Waals surface area contributed by atoms with Crippen LogP contribution in [0.4, 0.5) is 0 Å². The lowest BCUT2D eigenvalue weighted by Gasteiger charge is -1.97. The Morgan fingerprint density at radius 2 is 2.40 bits per heavy atom. The molecule has 0 bridgehead atoms. The Bertz CT molecular complexity index is 153. The highest BCUT2D eigenvalue weighted by Gasteiger charge is 2.11. The van der Waals surface area contributed by atoms with Crippen LogP contribution >= 0.6 is 0 Å². The Hall–Kier alpha value is -1.32. The minimum absolute atomic E-state index is 0.188. The fourth-order valence-electron chi connectivity index (χ4n) is 0.469. The van der Waals surface area contributed by atoms with Crippen LogP contribution in [0, 0.1) is 10.1 Å². The summed E-state index contributed by atoms with van der Waals surface area (Å²) in [5, 5.41) is 18.2. The van der Waals surface area contributed by atoms with Crippen molar-refractivity contribution in [2.24, 2.45) is 0 Å². The molecule has 0 radical (unpaired) electrons. The second kappa shape index (κ2) is 4.55. The smallest absolute Gasteiger partial charge is 0.234 e. The van der Waals surface area contributed by atoms with Gasteiger partial charge in [-0.3, -0.25) is 10.1 Å². The van der Waals surface area contributed by atoms with Gasteiger partial charge in [-0.2, -0.15) is 0 Å². The van der Waals surface area contributed by atoms with Crippen LogP contribution in [0.15, 0.2) is 25.0 Å². The van der Waals surface area contributed by atoms with Gasteiger partial charge in [0.15, 0.2) is 0 Å². The molecule has 1 atom stereocenters. The van der Waals surface area contributed by atoms with Crippen LogP contribution in [0.25, 0.3) is 0 Å². The number of aliphatic hydroxyl groups excluding tert-OH is 1. The molecule has 0 spiro atoms. The maximum absolute atomic E-state index is 10.1. The van der Waals surface area contributed by atoms with E-state index in [4.69, 9.17) is 5.11 Å². The first-order valence-corrected chi connectivity index (χ1v) is 2.77.